The van der Waals surface area contributed by atoms with Gasteiger partial charge in [0, 0.05) is 10.0 Å². The number of aromatic amines is 1. The number of halogens is 2. The van der Waals surface area contributed by atoms with Crippen LogP contribution in [0.3, 0.4) is 0 Å². The summed E-state index contributed by atoms with van der Waals surface area (Å²) in [5.74, 6) is 0.506. The molecule has 0 aliphatic rings. The van der Waals surface area contributed by atoms with Crippen LogP contribution in [0.2, 0.25) is 0 Å². The van der Waals surface area contributed by atoms with Gasteiger partial charge < -0.3 is 5.73 Å². The molecule has 0 saturated carbocycles. The number of hydrogen-bond acceptors (Lipinski definition) is 3. The van der Waals surface area contributed by atoms with Gasteiger partial charge in [0.15, 0.2) is 5.82 Å². The van der Waals surface area contributed by atoms with Crippen LogP contribution in [0.15, 0.2) is 44.7 Å². The van der Waals surface area contributed by atoms with Gasteiger partial charge in [-0.25, -0.2) is 0 Å². The fraction of sp³-hybridized carbons (Fsp3) is 0. The van der Waals surface area contributed by atoms with E-state index in [-0.39, 0.29) is 0 Å². The summed E-state index contributed by atoms with van der Waals surface area (Å²) < 4.78 is 2.08. The van der Waals surface area contributed by atoms with E-state index in [4.69, 9.17) is 5.73 Å². The molecule has 96 valence electrons. The van der Waals surface area contributed by atoms with Gasteiger partial charge in [0.25, 0.3) is 0 Å². The molecule has 0 radical (unpaired) electrons. The normalized spacial score (nSPS) is 10.8. The number of nitrogens with zero attached hydrogens (tertiary/aromatic N) is 1. The van der Waals surface area contributed by atoms with Gasteiger partial charge in [0.1, 0.15) is 0 Å². The monoisotopic (exact) mass is 397 g/mol. The molecule has 3 N–H and O–H groups in total. The number of anilines is 1. The summed E-state index contributed by atoms with van der Waals surface area (Å²) in [6.07, 6.45) is 0. The minimum Gasteiger partial charge on any atom is -0.382 e. The molecule has 0 aliphatic carbocycles. The maximum absolute atomic E-state index is 6.02. The number of nitrogens with two attached hydrogens (primary N) is 1. The molecular formula is C13H9Br2N3S. The Labute approximate surface area is 131 Å². The molecule has 0 fully saturated rings. The minimum atomic E-state index is 0.506. The first-order chi connectivity index (χ1) is 9.16. The SMILES string of the molecule is Nc1n[nH]c(-c2ccc(Br)s2)c1-c1ccccc1Br. The lowest BCUT2D eigenvalue weighted by atomic mass is 10.0. The second kappa shape index (κ2) is 5.11. The van der Waals surface area contributed by atoms with Crippen molar-refractivity contribution in [1.29, 1.82) is 0 Å². The van der Waals surface area contributed by atoms with Gasteiger partial charge in [-0.2, -0.15) is 5.10 Å². The standard InChI is InChI=1S/C13H9Br2N3S/c14-8-4-2-1-3-7(8)11-12(17-18-13(11)16)9-5-6-10(15)19-9/h1-6H,(H3,16,17,18). The number of nitrogen functional groups attached to an aromatic ring is 1. The predicted octanol–water partition coefficient (Wildman–Crippen LogP) is 4.91. The molecule has 0 atom stereocenters. The van der Waals surface area contributed by atoms with Crippen molar-refractivity contribution in [2.45, 2.75) is 0 Å². The van der Waals surface area contributed by atoms with Crippen molar-refractivity contribution in [1.82, 2.24) is 10.2 Å². The first-order valence-corrected chi connectivity index (χ1v) is 7.91. The van der Waals surface area contributed by atoms with Crippen LogP contribution in [0, 0.1) is 0 Å². The highest BCUT2D eigenvalue weighted by molar-refractivity contribution is 9.11. The minimum absolute atomic E-state index is 0.506. The average Bonchev–Trinajstić information content (AvgIpc) is 2.96. The fourth-order valence-corrected chi connectivity index (χ4v) is 3.79. The number of benzene rings is 1. The Hall–Kier alpha value is -1.11. The van der Waals surface area contributed by atoms with Gasteiger partial charge >= 0.3 is 0 Å². The summed E-state index contributed by atoms with van der Waals surface area (Å²) >= 11 is 8.68. The third-order valence-electron chi connectivity index (χ3n) is 2.76. The van der Waals surface area contributed by atoms with Crippen LogP contribution >= 0.6 is 43.2 Å². The second-order valence-corrected chi connectivity index (χ2v) is 7.26. The van der Waals surface area contributed by atoms with Crippen LogP contribution in [0.4, 0.5) is 5.82 Å². The third kappa shape index (κ3) is 2.35. The molecule has 0 amide bonds. The second-order valence-electron chi connectivity index (χ2n) is 3.94. The lowest BCUT2D eigenvalue weighted by molar-refractivity contribution is 1.11. The Bertz CT molecular complexity index is 733. The predicted molar refractivity (Wildman–Crippen MR) is 87.1 cm³/mol. The van der Waals surface area contributed by atoms with Crippen molar-refractivity contribution in [3.8, 4) is 21.7 Å². The van der Waals surface area contributed by atoms with E-state index >= 15 is 0 Å². The van der Waals surface area contributed by atoms with Crippen LogP contribution in [0.1, 0.15) is 0 Å². The highest BCUT2D eigenvalue weighted by Gasteiger charge is 2.17. The molecular weight excluding hydrogens is 390 g/mol. The quantitative estimate of drug-likeness (QED) is 0.644. The van der Waals surface area contributed by atoms with Gasteiger partial charge in [-0.15, -0.1) is 11.3 Å². The zero-order valence-corrected chi connectivity index (χ0v) is 13.6. The van der Waals surface area contributed by atoms with Crippen molar-refractivity contribution >= 4 is 49.0 Å². The molecule has 3 rings (SSSR count). The number of rotatable bonds is 2. The molecule has 0 saturated heterocycles. The van der Waals surface area contributed by atoms with Crippen LogP contribution in [0.25, 0.3) is 21.7 Å². The van der Waals surface area contributed by atoms with E-state index in [0.29, 0.717) is 5.82 Å². The molecule has 0 bridgehead atoms. The van der Waals surface area contributed by atoms with Gasteiger partial charge in [0.05, 0.1) is 19.9 Å². The van der Waals surface area contributed by atoms with Crippen molar-refractivity contribution in [3.05, 3.63) is 44.7 Å². The molecule has 0 aliphatic heterocycles. The molecule has 1 aromatic carbocycles. The molecule has 19 heavy (non-hydrogen) atoms. The smallest absolute Gasteiger partial charge is 0.153 e. The average molecular weight is 399 g/mol. The Morgan fingerprint density at radius 1 is 1.11 bits per heavy atom. The molecule has 3 aromatic rings. The van der Waals surface area contributed by atoms with Gasteiger partial charge in [-0.1, -0.05) is 34.1 Å². The maximum atomic E-state index is 6.02. The first-order valence-electron chi connectivity index (χ1n) is 5.51. The Kier molecular flexibility index (Phi) is 3.47. The van der Waals surface area contributed by atoms with E-state index in [2.05, 4.69) is 42.1 Å². The molecule has 2 aromatic heterocycles. The van der Waals surface area contributed by atoms with Crippen LogP contribution < -0.4 is 5.73 Å². The summed E-state index contributed by atoms with van der Waals surface area (Å²) in [5, 5.41) is 7.17. The number of hydrogen-bond donors (Lipinski definition) is 2. The molecule has 3 nitrogen and oxygen atoms in total. The van der Waals surface area contributed by atoms with Crippen molar-refractivity contribution in [2.24, 2.45) is 0 Å². The highest BCUT2D eigenvalue weighted by atomic mass is 79.9. The first kappa shape index (κ1) is 12.9. The molecule has 0 unspecified atom stereocenters. The summed E-state index contributed by atoms with van der Waals surface area (Å²) in [4.78, 5) is 1.10. The lowest BCUT2D eigenvalue weighted by Crippen LogP contribution is -1.89. The Balaban J connectivity index is 2.22. The molecule has 0 spiro atoms. The lowest BCUT2D eigenvalue weighted by Gasteiger charge is -2.05. The van der Waals surface area contributed by atoms with Gasteiger partial charge in [0.2, 0.25) is 0 Å². The van der Waals surface area contributed by atoms with Crippen molar-refractivity contribution < 1.29 is 0 Å². The van der Waals surface area contributed by atoms with Crippen LogP contribution in [-0.4, -0.2) is 10.2 Å². The number of H-pyrrole nitrogens is 1. The van der Waals surface area contributed by atoms with Gasteiger partial charge in [-0.05, 0) is 34.1 Å². The number of aromatic nitrogens is 2. The Morgan fingerprint density at radius 3 is 2.58 bits per heavy atom. The summed E-state index contributed by atoms with van der Waals surface area (Å²) in [6.45, 7) is 0. The van der Waals surface area contributed by atoms with Crippen LogP contribution in [0.5, 0.6) is 0 Å². The zero-order valence-electron chi connectivity index (χ0n) is 9.65. The molecule has 6 heteroatoms. The number of thiophene rings is 1. The third-order valence-corrected chi connectivity index (χ3v) is 5.09. The van der Waals surface area contributed by atoms with E-state index in [0.717, 1.165) is 30.0 Å². The molecule has 2 heterocycles. The topological polar surface area (TPSA) is 54.7 Å². The van der Waals surface area contributed by atoms with E-state index in [1.165, 1.54) is 0 Å². The fourth-order valence-electron chi connectivity index (χ4n) is 1.92. The van der Waals surface area contributed by atoms with Crippen LogP contribution in [-0.2, 0) is 0 Å². The van der Waals surface area contributed by atoms with E-state index in [9.17, 15) is 0 Å². The van der Waals surface area contributed by atoms with Crippen molar-refractivity contribution in [2.75, 3.05) is 5.73 Å². The summed E-state index contributed by atoms with van der Waals surface area (Å²) in [7, 11) is 0. The largest absolute Gasteiger partial charge is 0.382 e. The van der Waals surface area contributed by atoms with E-state index in [1.54, 1.807) is 11.3 Å². The van der Waals surface area contributed by atoms with E-state index in [1.807, 2.05) is 36.4 Å². The zero-order chi connectivity index (χ0) is 13.4. The number of nitrogens with one attached hydrogen (secondary N) is 1. The Morgan fingerprint density at radius 2 is 1.89 bits per heavy atom. The van der Waals surface area contributed by atoms with Crippen molar-refractivity contribution in [3.63, 3.8) is 0 Å². The van der Waals surface area contributed by atoms with Gasteiger partial charge in [-0.3, -0.25) is 5.10 Å². The van der Waals surface area contributed by atoms with E-state index < -0.39 is 0 Å². The highest BCUT2D eigenvalue weighted by Crippen LogP contribution is 2.41. The summed E-state index contributed by atoms with van der Waals surface area (Å²) in [5.41, 5.74) is 8.93. The summed E-state index contributed by atoms with van der Waals surface area (Å²) in [6, 6.07) is 12.0. The maximum Gasteiger partial charge on any atom is 0.153 e.